The summed E-state index contributed by atoms with van der Waals surface area (Å²) in [5.74, 6) is 0. The van der Waals surface area contributed by atoms with Gasteiger partial charge in [-0.3, -0.25) is 4.90 Å². The molecule has 0 aromatic rings. The topological polar surface area (TPSA) is 40.6 Å². The van der Waals surface area contributed by atoms with Crippen LogP contribution in [0.2, 0.25) is 0 Å². The van der Waals surface area contributed by atoms with E-state index in [-0.39, 0.29) is 0 Å². The standard InChI is InChI=1S/C10H22N2O2S/c1-9(2)12(10-5-6-10)8-7-11(3)15(4,13)14/h9-10H,5-8H2,1-4H3. The van der Waals surface area contributed by atoms with Crippen LogP contribution in [0.3, 0.4) is 0 Å². The fraction of sp³-hybridized carbons (Fsp3) is 1.00. The lowest BCUT2D eigenvalue weighted by molar-refractivity contribution is 0.201. The molecule has 0 atom stereocenters. The molecule has 0 radical (unpaired) electrons. The summed E-state index contributed by atoms with van der Waals surface area (Å²) in [4.78, 5) is 2.39. The van der Waals surface area contributed by atoms with Crippen molar-refractivity contribution in [3.05, 3.63) is 0 Å². The maximum atomic E-state index is 11.2. The number of likely N-dealkylation sites (N-methyl/N-ethyl adjacent to an activating group) is 1. The molecular formula is C10H22N2O2S. The molecule has 0 spiro atoms. The monoisotopic (exact) mass is 234 g/mol. The maximum absolute atomic E-state index is 11.2. The zero-order valence-electron chi connectivity index (χ0n) is 10.1. The predicted octanol–water partition coefficient (Wildman–Crippen LogP) is 0.751. The molecule has 15 heavy (non-hydrogen) atoms. The zero-order valence-corrected chi connectivity index (χ0v) is 10.9. The Labute approximate surface area is 93.3 Å². The van der Waals surface area contributed by atoms with E-state index in [9.17, 15) is 8.42 Å². The van der Waals surface area contributed by atoms with E-state index in [4.69, 9.17) is 0 Å². The highest BCUT2D eigenvalue weighted by molar-refractivity contribution is 7.88. The van der Waals surface area contributed by atoms with Gasteiger partial charge in [0.05, 0.1) is 6.26 Å². The van der Waals surface area contributed by atoms with Crippen molar-refractivity contribution < 1.29 is 8.42 Å². The Hall–Kier alpha value is -0.130. The average molecular weight is 234 g/mol. The third-order valence-electron chi connectivity index (χ3n) is 2.92. The third-order valence-corrected chi connectivity index (χ3v) is 4.23. The smallest absolute Gasteiger partial charge is 0.210 e. The first-order valence-corrected chi connectivity index (χ1v) is 7.34. The Kier molecular flexibility index (Phi) is 4.14. The van der Waals surface area contributed by atoms with Crippen molar-refractivity contribution in [2.45, 2.75) is 38.8 Å². The lowest BCUT2D eigenvalue weighted by Crippen LogP contribution is -2.40. The first-order valence-electron chi connectivity index (χ1n) is 5.49. The van der Waals surface area contributed by atoms with Crippen LogP contribution in [-0.4, -0.2) is 56.1 Å². The minimum absolute atomic E-state index is 0.505. The Bertz CT molecular complexity index is 295. The van der Waals surface area contributed by atoms with Gasteiger partial charge in [0.25, 0.3) is 0 Å². The van der Waals surface area contributed by atoms with Gasteiger partial charge in [-0.2, -0.15) is 0 Å². The van der Waals surface area contributed by atoms with Crippen molar-refractivity contribution in [3.63, 3.8) is 0 Å². The summed E-state index contributed by atoms with van der Waals surface area (Å²) in [5.41, 5.74) is 0. The summed E-state index contributed by atoms with van der Waals surface area (Å²) < 4.78 is 23.8. The molecule has 90 valence electrons. The van der Waals surface area contributed by atoms with E-state index in [1.54, 1.807) is 7.05 Å². The van der Waals surface area contributed by atoms with Gasteiger partial charge < -0.3 is 0 Å². The molecule has 0 N–H and O–H groups in total. The first kappa shape index (κ1) is 12.9. The zero-order chi connectivity index (χ0) is 11.6. The summed E-state index contributed by atoms with van der Waals surface area (Å²) in [6.45, 7) is 5.76. The lowest BCUT2D eigenvalue weighted by Gasteiger charge is -2.28. The second-order valence-electron chi connectivity index (χ2n) is 4.65. The molecular weight excluding hydrogens is 212 g/mol. The summed E-state index contributed by atoms with van der Waals surface area (Å²) in [5, 5.41) is 0. The lowest BCUT2D eigenvalue weighted by atomic mass is 10.3. The van der Waals surface area contributed by atoms with E-state index in [2.05, 4.69) is 18.7 Å². The molecule has 1 rings (SSSR count). The molecule has 0 saturated heterocycles. The SMILES string of the molecule is CC(C)N(CCN(C)S(C)(=O)=O)C1CC1. The Morgan fingerprint density at radius 2 is 1.80 bits per heavy atom. The van der Waals surface area contributed by atoms with E-state index in [0.717, 1.165) is 6.54 Å². The summed E-state index contributed by atoms with van der Waals surface area (Å²) in [6, 6.07) is 1.20. The van der Waals surface area contributed by atoms with Crippen molar-refractivity contribution in [3.8, 4) is 0 Å². The number of hydrogen-bond donors (Lipinski definition) is 0. The summed E-state index contributed by atoms with van der Waals surface area (Å²) in [7, 11) is -1.38. The Balaban J connectivity index is 2.40. The van der Waals surface area contributed by atoms with Gasteiger partial charge in [-0.05, 0) is 26.7 Å². The maximum Gasteiger partial charge on any atom is 0.210 e. The van der Waals surface area contributed by atoms with Gasteiger partial charge in [-0.15, -0.1) is 0 Å². The molecule has 5 heteroatoms. The van der Waals surface area contributed by atoms with Gasteiger partial charge in [0.15, 0.2) is 0 Å². The summed E-state index contributed by atoms with van der Waals surface area (Å²) in [6.07, 6.45) is 3.78. The molecule has 1 aliphatic carbocycles. The molecule has 1 saturated carbocycles. The Morgan fingerprint density at radius 1 is 1.27 bits per heavy atom. The van der Waals surface area contributed by atoms with Crippen LogP contribution in [0.1, 0.15) is 26.7 Å². The fourth-order valence-electron chi connectivity index (χ4n) is 1.69. The minimum atomic E-state index is -3.02. The molecule has 1 fully saturated rings. The molecule has 0 aliphatic heterocycles. The quantitative estimate of drug-likeness (QED) is 0.681. The number of hydrogen-bond acceptors (Lipinski definition) is 3. The molecule has 1 aliphatic rings. The van der Waals surface area contributed by atoms with E-state index in [1.807, 2.05) is 0 Å². The van der Waals surface area contributed by atoms with E-state index < -0.39 is 10.0 Å². The van der Waals surface area contributed by atoms with Crippen molar-refractivity contribution >= 4 is 10.0 Å². The minimum Gasteiger partial charge on any atom is -0.297 e. The second kappa shape index (κ2) is 4.80. The number of nitrogens with zero attached hydrogens (tertiary/aromatic N) is 2. The molecule has 4 nitrogen and oxygen atoms in total. The molecule has 0 bridgehead atoms. The van der Waals surface area contributed by atoms with Gasteiger partial charge in [-0.1, -0.05) is 0 Å². The normalized spacial score (nSPS) is 18.1. The first-order chi connectivity index (χ1) is 6.82. The van der Waals surface area contributed by atoms with Gasteiger partial charge in [-0.25, -0.2) is 12.7 Å². The molecule has 0 heterocycles. The van der Waals surface area contributed by atoms with Crippen LogP contribution in [-0.2, 0) is 10.0 Å². The molecule has 0 unspecified atom stereocenters. The number of rotatable bonds is 6. The van der Waals surface area contributed by atoms with E-state index in [1.165, 1.54) is 23.4 Å². The van der Waals surface area contributed by atoms with Crippen molar-refractivity contribution in [2.75, 3.05) is 26.4 Å². The van der Waals surface area contributed by atoms with Crippen LogP contribution in [0.5, 0.6) is 0 Å². The van der Waals surface area contributed by atoms with Crippen molar-refractivity contribution in [1.82, 2.24) is 9.21 Å². The van der Waals surface area contributed by atoms with Crippen LogP contribution in [0, 0.1) is 0 Å². The van der Waals surface area contributed by atoms with Gasteiger partial charge >= 0.3 is 0 Å². The molecule has 0 aromatic carbocycles. The Morgan fingerprint density at radius 3 is 2.13 bits per heavy atom. The van der Waals surface area contributed by atoms with E-state index >= 15 is 0 Å². The van der Waals surface area contributed by atoms with Gasteiger partial charge in [0.2, 0.25) is 10.0 Å². The van der Waals surface area contributed by atoms with E-state index in [0.29, 0.717) is 18.6 Å². The summed E-state index contributed by atoms with van der Waals surface area (Å²) >= 11 is 0. The second-order valence-corrected chi connectivity index (χ2v) is 6.74. The van der Waals surface area contributed by atoms with Crippen LogP contribution in [0.15, 0.2) is 0 Å². The highest BCUT2D eigenvalue weighted by Gasteiger charge is 2.30. The predicted molar refractivity (Wildman–Crippen MR) is 62.3 cm³/mol. The highest BCUT2D eigenvalue weighted by atomic mass is 32.2. The van der Waals surface area contributed by atoms with Gasteiger partial charge in [0, 0.05) is 32.2 Å². The van der Waals surface area contributed by atoms with Crippen molar-refractivity contribution in [1.29, 1.82) is 0 Å². The van der Waals surface area contributed by atoms with Crippen molar-refractivity contribution in [2.24, 2.45) is 0 Å². The number of sulfonamides is 1. The largest absolute Gasteiger partial charge is 0.297 e. The highest BCUT2D eigenvalue weighted by Crippen LogP contribution is 2.28. The van der Waals surface area contributed by atoms with Crippen LogP contribution in [0.25, 0.3) is 0 Å². The van der Waals surface area contributed by atoms with Crippen LogP contribution < -0.4 is 0 Å². The van der Waals surface area contributed by atoms with Gasteiger partial charge in [0.1, 0.15) is 0 Å². The third kappa shape index (κ3) is 4.09. The average Bonchev–Trinajstić information content (AvgIpc) is 2.85. The molecule has 0 aromatic heterocycles. The molecule has 0 amide bonds. The van der Waals surface area contributed by atoms with Crippen LogP contribution in [0.4, 0.5) is 0 Å². The van der Waals surface area contributed by atoms with Crippen LogP contribution >= 0.6 is 0 Å². The fourth-order valence-corrected chi connectivity index (χ4v) is 2.10.